The maximum atomic E-state index is 13.8. The first-order chi connectivity index (χ1) is 10.0. The summed E-state index contributed by atoms with van der Waals surface area (Å²) >= 11 is 1.70. The van der Waals surface area contributed by atoms with E-state index >= 15 is 0 Å². The van der Waals surface area contributed by atoms with Gasteiger partial charge in [-0.3, -0.25) is 0 Å². The molecule has 1 fully saturated rings. The monoisotopic (exact) mass is 304 g/mol. The predicted molar refractivity (Wildman–Crippen MR) is 86.2 cm³/mol. The highest BCUT2D eigenvalue weighted by Crippen LogP contribution is 2.44. The molecule has 0 radical (unpaired) electrons. The lowest BCUT2D eigenvalue weighted by atomic mass is 10.1. The molecule has 0 saturated heterocycles. The summed E-state index contributed by atoms with van der Waals surface area (Å²) < 4.78 is 13.8. The smallest absolute Gasteiger partial charge is 0.126 e. The van der Waals surface area contributed by atoms with E-state index < -0.39 is 0 Å². The molecule has 0 spiro atoms. The zero-order valence-electron chi connectivity index (χ0n) is 12.7. The molecule has 1 N–H and O–H groups in total. The molecule has 1 aromatic carbocycles. The molecular formula is C17H21FN2S. The van der Waals surface area contributed by atoms with Crippen LogP contribution in [-0.4, -0.2) is 11.0 Å². The van der Waals surface area contributed by atoms with E-state index in [2.05, 4.69) is 19.2 Å². The molecule has 0 aliphatic heterocycles. The van der Waals surface area contributed by atoms with Gasteiger partial charge in [-0.25, -0.2) is 9.37 Å². The Morgan fingerprint density at radius 1 is 1.38 bits per heavy atom. The van der Waals surface area contributed by atoms with Crippen LogP contribution in [0.3, 0.4) is 0 Å². The lowest BCUT2D eigenvalue weighted by Gasteiger charge is -2.07. The third-order valence-electron chi connectivity index (χ3n) is 3.78. The van der Waals surface area contributed by atoms with Crippen LogP contribution in [0.25, 0.3) is 10.6 Å². The van der Waals surface area contributed by atoms with Crippen molar-refractivity contribution in [2.24, 2.45) is 0 Å². The molecule has 2 nitrogen and oxygen atoms in total. The minimum Gasteiger partial charge on any atom is -0.310 e. The normalized spacial score (nSPS) is 14.9. The Labute approximate surface area is 129 Å². The summed E-state index contributed by atoms with van der Waals surface area (Å²) in [7, 11) is 0. The number of nitrogens with one attached hydrogen (secondary N) is 1. The summed E-state index contributed by atoms with van der Waals surface area (Å²) in [6, 6.07) is 5.85. The number of thiazole rings is 1. The van der Waals surface area contributed by atoms with Crippen LogP contribution >= 0.6 is 11.3 Å². The van der Waals surface area contributed by atoms with Gasteiger partial charge in [-0.2, -0.15) is 0 Å². The third kappa shape index (κ3) is 3.33. The zero-order chi connectivity index (χ0) is 15.0. The van der Waals surface area contributed by atoms with Crippen molar-refractivity contribution in [2.45, 2.75) is 52.1 Å². The number of nitrogens with zero attached hydrogens (tertiary/aromatic N) is 1. The van der Waals surface area contributed by atoms with Crippen LogP contribution in [0.15, 0.2) is 18.2 Å². The van der Waals surface area contributed by atoms with Gasteiger partial charge in [-0.15, -0.1) is 11.3 Å². The van der Waals surface area contributed by atoms with Crippen molar-refractivity contribution in [3.8, 4) is 10.6 Å². The number of aromatic nitrogens is 1. The molecule has 1 aliphatic carbocycles. The Bertz CT molecular complexity index is 644. The van der Waals surface area contributed by atoms with Gasteiger partial charge in [0.05, 0.1) is 5.69 Å². The summed E-state index contributed by atoms with van der Waals surface area (Å²) in [5.41, 5.74) is 2.80. The standard InChI is InChI=1S/C17H21FN2S/c1-10(2)19-9-15-16(12-6-7-12)20-17(21-15)13-5-4-11(3)14(18)8-13/h4-5,8,10,12,19H,6-7,9H2,1-3H3. The van der Waals surface area contributed by atoms with Crippen LogP contribution in [0.4, 0.5) is 4.39 Å². The van der Waals surface area contributed by atoms with E-state index in [1.807, 2.05) is 12.1 Å². The zero-order valence-corrected chi connectivity index (χ0v) is 13.6. The lowest BCUT2D eigenvalue weighted by molar-refractivity contribution is 0.590. The molecule has 0 unspecified atom stereocenters. The highest BCUT2D eigenvalue weighted by molar-refractivity contribution is 7.15. The number of halogens is 1. The number of benzene rings is 1. The average molecular weight is 304 g/mol. The van der Waals surface area contributed by atoms with Crippen LogP contribution in [0.1, 0.15) is 48.7 Å². The van der Waals surface area contributed by atoms with Gasteiger partial charge in [0.1, 0.15) is 10.8 Å². The maximum absolute atomic E-state index is 13.8. The van der Waals surface area contributed by atoms with E-state index in [4.69, 9.17) is 4.98 Å². The Morgan fingerprint density at radius 2 is 2.14 bits per heavy atom. The summed E-state index contributed by atoms with van der Waals surface area (Å²) in [6.45, 7) is 6.94. The van der Waals surface area contributed by atoms with E-state index in [1.165, 1.54) is 23.4 Å². The van der Waals surface area contributed by atoms with Crippen LogP contribution < -0.4 is 5.32 Å². The molecule has 1 heterocycles. The highest BCUT2D eigenvalue weighted by Gasteiger charge is 2.29. The van der Waals surface area contributed by atoms with Gasteiger partial charge in [0, 0.05) is 28.9 Å². The second-order valence-electron chi connectivity index (χ2n) is 6.10. The van der Waals surface area contributed by atoms with E-state index in [-0.39, 0.29) is 5.82 Å². The van der Waals surface area contributed by atoms with E-state index in [0.717, 1.165) is 17.1 Å². The van der Waals surface area contributed by atoms with Gasteiger partial charge in [0.25, 0.3) is 0 Å². The minimum absolute atomic E-state index is 0.155. The molecule has 2 aromatic rings. The summed E-state index contributed by atoms with van der Waals surface area (Å²) in [6.07, 6.45) is 2.47. The first-order valence-corrected chi connectivity index (χ1v) is 8.35. The molecule has 21 heavy (non-hydrogen) atoms. The second kappa shape index (κ2) is 5.85. The Kier molecular flexibility index (Phi) is 4.09. The molecule has 3 rings (SSSR count). The average Bonchev–Trinajstić information content (AvgIpc) is 3.20. The molecule has 1 saturated carbocycles. The van der Waals surface area contributed by atoms with Crippen molar-refractivity contribution in [2.75, 3.05) is 0 Å². The van der Waals surface area contributed by atoms with Gasteiger partial charge in [-0.05, 0) is 31.4 Å². The van der Waals surface area contributed by atoms with E-state index in [1.54, 1.807) is 24.3 Å². The number of aryl methyl sites for hydroxylation is 1. The minimum atomic E-state index is -0.155. The van der Waals surface area contributed by atoms with Crippen LogP contribution in [0, 0.1) is 12.7 Å². The topological polar surface area (TPSA) is 24.9 Å². The lowest BCUT2D eigenvalue weighted by Crippen LogP contribution is -2.21. The number of hydrogen-bond acceptors (Lipinski definition) is 3. The van der Waals surface area contributed by atoms with Crippen molar-refractivity contribution in [1.82, 2.24) is 10.3 Å². The van der Waals surface area contributed by atoms with Crippen LogP contribution in [-0.2, 0) is 6.54 Å². The summed E-state index contributed by atoms with van der Waals surface area (Å²) in [5.74, 6) is 0.465. The summed E-state index contributed by atoms with van der Waals surface area (Å²) in [4.78, 5) is 6.11. The van der Waals surface area contributed by atoms with E-state index in [9.17, 15) is 4.39 Å². The van der Waals surface area contributed by atoms with Gasteiger partial charge in [0.2, 0.25) is 0 Å². The van der Waals surface area contributed by atoms with Crippen molar-refractivity contribution >= 4 is 11.3 Å². The molecule has 0 bridgehead atoms. The van der Waals surface area contributed by atoms with Gasteiger partial charge in [-0.1, -0.05) is 26.0 Å². The largest absolute Gasteiger partial charge is 0.310 e. The van der Waals surface area contributed by atoms with Crippen molar-refractivity contribution in [1.29, 1.82) is 0 Å². The molecule has 1 aromatic heterocycles. The fourth-order valence-corrected chi connectivity index (χ4v) is 3.41. The SMILES string of the molecule is Cc1ccc(-c2nc(C3CC3)c(CNC(C)C)s2)cc1F. The Morgan fingerprint density at radius 3 is 2.76 bits per heavy atom. The van der Waals surface area contributed by atoms with Crippen molar-refractivity contribution in [3.63, 3.8) is 0 Å². The van der Waals surface area contributed by atoms with Crippen LogP contribution in [0.2, 0.25) is 0 Å². The Hall–Kier alpha value is -1.26. The number of rotatable bonds is 5. The molecule has 1 aliphatic rings. The molecule has 0 atom stereocenters. The highest BCUT2D eigenvalue weighted by atomic mass is 32.1. The predicted octanol–water partition coefficient (Wildman–Crippen LogP) is 4.63. The second-order valence-corrected chi connectivity index (χ2v) is 7.18. The Balaban J connectivity index is 1.91. The van der Waals surface area contributed by atoms with Crippen molar-refractivity contribution in [3.05, 3.63) is 40.2 Å². The first kappa shape index (κ1) is 14.7. The van der Waals surface area contributed by atoms with Gasteiger partial charge < -0.3 is 5.32 Å². The summed E-state index contributed by atoms with van der Waals surface area (Å²) in [5, 5.41) is 4.41. The molecular weight excluding hydrogens is 283 g/mol. The molecule has 112 valence electrons. The quantitative estimate of drug-likeness (QED) is 0.871. The van der Waals surface area contributed by atoms with E-state index in [0.29, 0.717) is 17.5 Å². The van der Waals surface area contributed by atoms with Crippen molar-refractivity contribution < 1.29 is 4.39 Å². The first-order valence-electron chi connectivity index (χ1n) is 7.54. The fourth-order valence-electron chi connectivity index (χ4n) is 2.31. The fraction of sp³-hybridized carbons (Fsp3) is 0.471. The van der Waals surface area contributed by atoms with Gasteiger partial charge in [0.15, 0.2) is 0 Å². The number of hydrogen-bond donors (Lipinski definition) is 1. The van der Waals surface area contributed by atoms with Gasteiger partial charge >= 0.3 is 0 Å². The third-order valence-corrected chi connectivity index (χ3v) is 4.90. The van der Waals surface area contributed by atoms with Crippen LogP contribution in [0.5, 0.6) is 0 Å². The molecule has 0 amide bonds. The molecule has 4 heteroatoms. The maximum Gasteiger partial charge on any atom is 0.126 e.